The molecular formula is C9H9N3O4. The van der Waals surface area contributed by atoms with Gasteiger partial charge < -0.3 is 22.3 Å². The number of aromatic carboxylic acids is 1. The largest absolute Gasteiger partial charge is 0.478 e. The van der Waals surface area contributed by atoms with E-state index < -0.39 is 28.9 Å². The number of benzene rings is 1. The van der Waals surface area contributed by atoms with Gasteiger partial charge in [-0.2, -0.15) is 0 Å². The zero-order chi connectivity index (χ0) is 12.5. The van der Waals surface area contributed by atoms with Crippen LogP contribution in [0.5, 0.6) is 0 Å². The first-order valence-electron chi connectivity index (χ1n) is 4.11. The average Bonchev–Trinajstić information content (AvgIpc) is 2.15. The molecule has 0 bridgehead atoms. The lowest BCUT2D eigenvalue weighted by Crippen LogP contribution is -2.25. The van der Waals surface area contributed by atoms with Crippen molar-refractivity contribution in [1.82, 2.24) is 0 Å². The summed E-state index contributed by atoms with van der Waals surface area (Å²) in [6, 6.07) is 2.26. The fourth-order valence-electron chi connectivity index (χ4n) is 1.32. The first-order chi connectivity index (χ1) is 7.36. The van der Waals surface area contributed by atoms with E-state index in [4.69, 9.17) is 22.3 Å². The highest BCUT2D eigenvalue weighted by Crippen LogP contribution is 2.20. The van der Waals surface area contributed by atoms with Crippen LogP contribution in [0.15, 0.2) is 12.1 Å². The smallest absolute Gasteiger partial charge is 0.336 e. The second-order valence-electron chi connectivity index (χ2n) is 2.99. The molecule has 0 unspecified atom stereocenters. The Balaban J connectivity index is 3.70. The molecule has 7 N–H and O–H groups in total. The topological polar surface area (TPSA) is 150 Å². The second-order valence-corrected chi connectivity index (χ2v) is 2.99. The first kappa shape index (κ1) is 11.5. The number of carboxylic acids is 1. The summed E-state index contributed by atoms with van der Waals surface area (Å²) in [7, 11) is 0. The van der Waals surface area contributed by atoms with E-state index in [0.717, 1.165) is 6.07 Å². The minimum Gasteiger partial charge on any atom is -0.478 e. The molecule has 16 heavy (non-hydrogen) atoms. The number of anilines is 1. The SMILES string of the molecule is NC(=O)c1c(N)ccc(C(=O)O)c1C(N)=O. The Morgan fingerprint density at radius 3 is 1.88 bits per heavy atom. The Morgan fingerprint density at radius 2 is 1.50 bits per heavy atom. The van der Waals surface area contributed by atoms with Gasteiger partial charge in [0, 0.05) is 5.69 Å². The summed E-state index contributed by atoms with van der Waals surface area (Å²) >= 11 is 0. The van der Waals surface area contributed by atoms with E-state index in [0.29, 0.717) is 0 Å². The Hall–Kier alpha value is -2.57. The molecule has 0 aliphatic rings. The highest BCUT2D eigenvalue weighted by molar-refractivity contribution is 6.14. The molecule has 1 aromatic rings. The van der Waals surface area contributed by atoms with Crippen molar-refractivity contribution in [2.45, 2.75) is 0 Å². The molecule has 84 valence electrons. The molecule has 0 fully saturated rings. The third-order valence-electron chi connectivity index (χ3n) is 1.96. The lowest BCUT2D eigenvalue weighted by molar-refractivity contribution is 0.0692. The molecule has 7 nitrogen and oxygen atoms in total. The number of nitrogen functional groups attached to an aromatic ring is 1. The zero-order valence-corrected chi connectivity index (χ0v) is 8.06. The van der Waals surface area contributed by atoms with E-state index in [1.54, 1.807) is 0 Å². The molecule has 0 spiro atoms. The van der Waals surface area contributed by atoms with Gasteiger partial charge in [0.25, 0.3) is 5.91 Å². The van der Waals surface area contributed by atoms with Gasteiger partial charge in [0.15, 0.2) is 0 Å². The summed E-state index contributed by atoms with van der Waals surface area (Å²) in [5, 5.41) is 8.81. The van der Waals surface area contributed by atoms with Gasteiger partial charge in [0.05, 0.1) is 16.7 Å². The third-order valence-corrected chi connectivity index (χ3v) is 1.96. The van der Waals surface area contributed by atoms with Crippen molar-refractivity contribution in [3.8, 4) is 0 Å². The number of amides is 2. The van der Waals surface area contributed by atoms with Crippen LogP contribution in [0.3, 0.4) is 0 Å². The lowest BCUT2D eigenvalue weighted by atomic mass is 9.98. The van der Waals surface area contributed by atoms with Gasteiger partial charge >= 0.3 is 5.97 Å². The van der Waals surface area contributed by atoms with Crippen molar-refractivity contribution in [2.75, 3.05) is 5.73 Å². The molecule has 0 aliphatic carbocycles. The molecule has 0 atom stereocenters. The summed E-state index contributed by atoms with van der Waals surface area (Å²) in [4.78, 5) is 33.0. The molecule has 0 aromatic heterocycles. The number of hydrogen-bond acceptors (Lipinski definition) is 4. The van der Waals surface area contributed by atoms with Crippen LogP contribution >= 0.6 is 0 Å². The molecule has 0 saturated carbocycles. The average molecular weight is 223 g/mol. The molecule has 1 aromatic carbocycles. The quantitative estimate of drug-likeness (QED) is 0.493. The summed E-state index contributed by atoms with van der Waals surface area (Å²) in [6.45, 7) is 0. The Kier molecular flexibility index (Phi) is 2.80. The molecule has 0 radical (unpaired) electrons. The van der Waals surface area contributed by atoms with Crippen LogP contribution in [0.25, 0.3) is 0 Å². The Bertz CT molecular complexity index is 496. The lowest BCUT2D eigenvalue weighted by Gasteiger charge is -2.09. The van der Waals surface area contributed by atoms with Crippen LogP contribution < -0.4 is 17.2 Å². The Labute approximate surface area is 89.8 Å². The predicted octanol–water partition coefficient (Wildman–Crippen LogP) is -0.835. The number of carbonyl (C=O) groups excluding carboxylic acids is 2. The normalized spacial score (nSPS) is 9.75. The molecule has 1 rings (SSSR count). The summed E-state index contributed by atoms with van der Waals surface area (Å²) in [6.07, 6.45) is 0. The predicted molar refractivity (Wildman–Crippen MR) is 54.8 cm³/mol. The summed E-state index contributed by atoms with van der Waals surface area (Å²) in [5.41, 5.74) is 14.1. The maximum atomic E-state index is 11.1. The monoisotopic (exact) mass is 223 g/mol. The Morgan fingerprint density at radius 1 is 1.00 bits per heavy atom. The van der Waals surface area contributed by atoms with Gasteiger partial charge in [-0.1, -0.05) is 0 Å². The molecule has 0 heterocycles. The number of rotatable bonds is 3. The first-order valence-corrected chi connectivity index (χ1v) is 4.11. The van der Waals surface area contributed by atoms with Gasteiger partial charge in [-0.15, -0.1) is 0 Å². The molecule has 2 amide bonds. The van der Waals surface area contributed by atoms with Crippen molar-refractivity contribution < 1.29 is 19.5 Å². The number of nitrogens with two attached hydrogens (primary N) is 3. The van der Waals surface area contributed by atoms with Crippen LogP contribution in [0.2, 0.25) is 0 Å². The summed E-state index contributed by atoms with van der Waals surface area (Å²) < 4.78 is 0. The van der Waals surface area contributed by atoms with Crippen molar-refractivity contribution >= 4 is 23.5 Å². The van der Waals surface area contributed by atoms with Crippen LogP contribution in [0.1, 0.15) is 31.1 Å². The maximum absolute atomic E-state index is 11.1. The van der Waals surface area contributed by atoms with E-state index in [1.807, 2.05) is 0 Å². The molecule has 0 saturated heterocycles. The zero-order valence-electron chi connectivity index (χ0n) is 8.06. The van der Waals surface area contributed by atoms with E-state index in [1.165, 1.54) is 6.07 Å². The van der Waals surface area contributed by atoms with Crippen molar-refractivity contribution in [3.63, 3.8) is 0 Å². The van der Waals surface area contributed by atoms with Gasteiger partial charge in [-0.3, -0.25) is 9.59 Å². The van der Waals surface area contributed by atoms with Crippen molar-refractivity contribution in [3.05, 3.63) is 28.8 Å². The van der Waals surface area contributed by atoms with E-state index in [2.05, 4.69) is 0 Å². The summed E-state index contributed by atoms with van der Waals surface area (Å²) in [5.74, 6) is -3.47. The van der Waals surface area contributed by atoms with Crippen LogP contribution in [0, 0.1) is 0 Å². The number of carboxylic acid groups (broad SMARTS) is 1. The van der Waals surface area contributed by atoms with Crippen molar-refractivity contribution in [1.29, 1.82) is 0 Å². The number of primary amides is 2. The fraction of sp³-hybridized carbons (Fsp3) is 0. The van der Waals surface area contributed by atoms with Gasteiger partial charge in [0.2, 0.25) is 5.91 Å². The molecular weight excluding hydrogens is 214 g/mol. The van der Waals surface area contributed by atoms with E-state index in [-0.39, 0.29) is 11.3 Å². The van der Waals surface area contributed by atoms with E-state index >= 15 is 0 Å². The standard InChI is InChI=1S/C9H9N3O4/c10-4-2-1-3(9(15)16)5(7(11)13)6(4)8(12)14/h1-2H,10H2,(H2,11,13)(H2,12,14)(H,15,16). The maximum Gasteiger partial charge on any atom is 0.336 e. The second kappa shape index (κ2) is 3.89. The van der Waals surface area contributed by atoms with Gasteiger partial charge in [-0.25, -0.2) is 4.79 Å². The third kappa shape index (κ3) is 1.78. The molecule has 0 aliphatic heterocycles. The minimum atomic E-state index is -1.39. The van der Waals surface area contributed by atoms with Crippen LogP contribution in [0.4, 0.5) is 5.69 Å². The fourth-order valence-corrected chi connectivity index (χ4v) is 1.32. The minimum absolute atomic E-state index is 0.0914. The number of carbonyl (C=O) groups is 3. The van der Waals surface area contributed by atoms with Crippen molar-refractivity contribution in [2.24, 2.45) is 11.5 Å². The van der Waals surface area contributed by atoms with Gasteiger partial charge in [-0.05, 0) is 12.1 Å². The number of hydrogen-bond donors (Lipinski definition) is 4. The highest BCUT2D eigenvalue weighted by Gasteiger charge is 2.23. The van der Waals surface area contributed by atoms with Gasteiger partial charge in [0.1, 0.15) is 0 Å². The van der Waals surface area contributed by atoms with Crippen LogP contribution in [-0.2, 0) is 0 Å². The highest BCUT2D eigenvalue weighted by atomic mass is 16.4. The van der Waals surface area contributed by atoms with E-state index in [9.17, 15) is 14.4 Å². The molecule has 7 heteroatoms. The van der Waals surface area contributed by atoms with Crippen LogP contribution in [-0.4, -0.2) is 22.9 Å².